The van der Waals surface area contributed by atoms with E-state index in [4.69, 9.17) is 22.2 Å². The lowest BCUT2D eigenvalue weighted by molar-refractivity contribution is 0.846. The van der Waals surface area contributed by atoms with Crippen LogP contribution in [0.1, 0.15) is 13.3 Å². The third-order valence-corrected chi connectivity index (χ3v) is 4.41. The Morgan fingerprint density at radius 2 is 1.63 bits per heavy atom. The van der Waals surface area contributed by atoms with Gasteiger partial charge in [0.2, 0.25) is 0 Å². The van der Waals surface area contributed by atoms with Crippen LogP contribution in [0.25, 0.3) is 33.8 Å². The maximum atomic E-state index is 5.32. The zero-order valence-corrected chi connectivity index (χ0v) is 15.7. The van der Waals surface area contributed by atoms with E-state index in [0.717, 1.165) is 52.5 Å². The van der Waals surface area contributed by atoms with Crippen molar-refractivity contribution in [3.8, 4) is 22.8 Å². The van der Waals surface area contributed by atoms with Crippen LogP contribution >= 0.6 is 12.2 Å². The molecule has 4 rings (SSSR count). The lowest BCUT2D eigenvalue weighted by Crippen LogP contribution is -2.28. The Kier molecular flexibility index (Phi) is 4.84. The summed E-state index contributed by atoms with van der Waals surface area (Å²) in [6.45, 7) is 2.95. The second kappa shape index (κ2) is 7.59. The standard InChI is InChI=1S/C20H20N6S/c1-2-9-23-20(27)24-13-7-8-14-17(12-13)26-19(16-6-4-11-22-16)18(25-14)15-5-3-10-21-15/h3-8,10-12,21-22H,2,9H2,1H3,(H2,23,24,27). The molecule has 27 heavy (non-hydrogen) atoms. The number of hydrogen-bond donors (Lipinski definition) is 4. The number of benzene rings is 1. The number of H-pyrrole nitrogens is 2. The van der Waals surface area contributed by atoms with E-state index < -0.39 is 0 Å². The predicted molar refractivity (Wildman–Crippen MR) is 114 cm³/mol. The zero-order chi connectivity index (χ0) is 18.6. The molecule has 0 saturated carbocycles. The minimum Gasteiger partial charge on any atom is -0.362 e. The predicted octanol–water partition coefficient (Wildman–Crippen LogP) is 4.32. The summed E-state index contributed by atoms with van der Waals surface area (Å²) in [4.78, 5) is 16.2. The SMILES string of the molecule is CCCNC(=S)Nc1ccc2nc(-c3ccc[nH]3)c(-c3ccc[nH]3)nc2c1. The average molecular weight is 376 g/mol. The molecule has 3 aromatic heterocycles. The number of anilines is 1. The summed E-state index contributed by atoms with van der Waals surface area (Å²) >= 11 is 5.32. The molecular weight excluding hydrogens is 356 g/mol. The molecule has 0 amide bonds. The first-order valence-electron chi connectivity index (χ1n) is 8.89. The van der Waals surface area contributed by atoms with Gasteiger partial charge in [-0.1, -0.05) is 6.92 Å². The number of hydrogen-bond acceptors (Lipinski definition) is 3. The molecule has 0 unspecified atom stereocenters. The average Bonchev–Trinajstić information content (AvgIpc) is 3.39. The van der Waals surface area contributed by atoms with Gasteiger partial charge < -0.3 is 20.6 Å². The van der Waals surface area contributed by atoms with Gasteiger partial charge in [0.25, 0.3) is 0 Å². The van der Waals surface area contributed by atoms with Crippen molar-refractivity contribution < 1.29 is 0 Å². The smallest absolute Gasteiger partial charge is 0.170 e. The second-order valence-electron chi connectivity index (χ2n) is 6.17. The molecule has 4 N–H and O–H groups in total. The van der Waals surface area contributed by atoms with E-state index in [-0.39, 0.29) is 0 Å². The summed E-state index contributed by atoms with van der Waals surface area (Å²) in [5.41, 5.74) is 5.99. The topological polar surface area (TPSA) is 81.4 Å². The highest BCUT2D eigenvalue weighted by atomic mass is 32.1. The van der Waals surface area contributed by atoms with Crippen LogP contribution in [-0.2, 0) is 0 Å². The minimum atomic E-state index is 0.608. The Labute approximate surface area is 162 Å². The molecule has 136 valence electrons. The van der Waals surface area contributed by atoms with Gasteiger partial charge in [-0.3, -0.25) is 0 Å². The van der Waals surface area contributed by atoms with E-state index in [1.807, 2.05) is 54.9 Å². The molecule has 0 aliphatic carbocycles. The first-order valence-corrected chi connectivity index (χ1v) is 9.29. The van der Waals surface area contributed by atoms with Gasteiger partial charge in [-0.05, 0) is 61.1 Å². The second-order valence-corrected chi connectivity index (χ2v) is 6.58. The van der Waals surface area contributed by atoms with Gasteiger partial charge >= 0.3 is 0 Å². The molecular formula is C20H20N6S. The van der Waals surface area contributed by atoms with Gasteiger partial charge in [-0.2, -0.15) is 0 Å². The van der Waals surface area contributed by atoms with E-state index in [1.165, 1.54) is 0 Å². The molecule has 3 heterocycles. The number of thiocarbonyl (C=S) groups is 1. The van der Waals surface area contributed by atoms with Crippen LogP contribution in [0, 0.1) is 0 Å². The fourth-order valence-electron chi connectivity index (χ4n) is 2.88. The molecule has 0 saturated heterocycles. The Hall–Kier alpha value is -3.19. The van der Waals surface area contributed by atoms with Gasteiger partial charge in [0.15, 0.2) is 5.11 Å². The summed E-state index contributed by atoms with van der Waals surface area (Å²) in [7, 11) is 0. The van der Waals surface area contributed by atoms with Crippen molar-refractivity contribution >= 4 is 34.1 Å². The maximum absolute atomic E-state index is 5.32. The number of aromatic amines is 2. The molecule has 7 heteroatoms. The zero-order valence-electron chi connectivity index (χ0n) is 14.9. The van der Waals surface area contributed by atoms with Crippen LogP contribution < -0.4 is 10.6 Å². The minimum absolute atomic E-state index is 0.608. The Morgan fingerprint density at radius 1 is 0.963 bits per heavy atom. The molecule has 1 aromatic carbocycles. The number of nitrogens with one attached hydrogen (secondary N) is 4. The lowest BCUT2D eigenvalue weighted by Gasteiger charge is -2.12. The van der Waals surface area contributed by atoms with Crippen LogP contribution in [0.15, 0.2) is 54.9 Å². The molecule has 0 aliphatic heterocycles. The lowest BCUT2D eigenvalue weighted by atomic mass is 10.1. The Morgan fingerprint density at radius 3 is 2.22 bits per heavy atom. The Balaban J connectivity index is 1.76. The van der Waals surface area contributed by atoms with Crippen LogP contribution in [0.4, 0.5) is 5.69 Å². The molecule has 0 fully saturated rings. The number of aromatic nitrogens is 4. The summed E-state index contributed by atoms with van der Waals surface area (Å²) in [6, 6.07) is 13.8. The molecule has 0 aliphatic rings. The third kappa shape index (κ3) is 3.68. The highest BCUT2D eigenvalue weighted by molar-refractivity contribution is 7.80. The van der Waals surface area contributed by atoms with Crippen molar-refractivity contribution in [1.29, 1.82) is 0 Å². The fraction of sp³-hybridized carbons (Fsp3) is 0.150. The van der Waals surface area contributed by atoms with E-state index in [0.29, 0.717) is 5.11 Å². The quantitative estimate of drug-likeness (QED) is 0.390. The van der Waals surface area contributed by atoms with Gasteiger partial charge in [-0.25, -0.2) is 9.97 Å². The van der Waals surface area contributed by atoms with Crippen LogP contribution in [-0.4, -0.2) is 31.6 Å². The van der Waals surface area contributed by atoms with Crippen molar-refractivity contribution in [3.63, 3.8) is 0 Å². The van der Waals surface area contributed by atoms with Gasteiger partial charge in [-0.15, -0.1) is 0 Å². The summed E-state index contributed by atoms with van der Waals surface area (Å²) in [5, 5.41) is 6.98. The van der Waals surface area contributed by atoms with Crippen LogP contribution in [0.2, 0.25) is 0 Å². The maximum Gasteiger partial charge on any atom is 0.170 e. The van der Waals surface area contributed by atoms with Crippen LogP contribution in [0.5, 0.6) is 0 Å². The van der Waals surface area contributed by atoms with Crippen LogP contribution in [0.3, 0.4) is 0 Å². The number of rotatable bonds is 5. The Bertz CT molecular complexity index is 1050. The normalized spacial score (nSPS) is 10.9. The van der Waals surface area contributed by atoms with E-state index in [2.05, 4.69) is 27.5 Å². The molecule has 0 radical (unpaired) electrons. The van der Waals surface area contributed by atoms with Crippen molar-refractivity contribution in [2.45, 2.75) is 13.3 Å². The molecule has 0 spiro atoms. The highest BCUT2D eigenvalue weighted by Crippen LogP contribution is 2.29. The monoisotopic (exact) mass is 376 g/mol. The van der Waals surface area contributed by atoms with Gasteiger partial charge in [0.05, 0.1) is 22.4 Å². The summed E-state index contributed by atoms with van der Waals surface area (Å²) < 4.78 is 0. The van der Waals surface area contributed by atoms with Crippen molar-refractivity contribution in [2.24, 2.45) is 0 Å². The van der Waals surface area contributed by atoms with Crippen molar-refractivity contribution in [3.05, 3.63) is 54.9 Å². The molecule has 6 nitrogen and oxygen atoms in total. The number of fused-ring (bicyclic) bond motifs is 1. The number of nitrogens with zero attached hydrogens (tertiary/aromatic N) is 2. The fourth-order valence-corrected chi connectivity index (χ4v) is 3.10. The molecule has 0 atom stereocenters. The largest absolute Gasteiger partial charge is 0.362 e. The highest BCUT2D eigenvalue weighted by Gasteiger charge is 2.14. The third-order valence-electron chi connectivity index (χ3n) is 4.16. The summed E-state index contributed by atoms with van der Waals surface area (Å²) in [6.07, 6.45) is 4.79. The first-order chi connectivity index (χ1) is 13.2. The van der Waals surface area contributed by atoms with E-state index >= 15 is 0 Å². The van der Waals surface area contributed by atoms with Crippen molar-refractivity contribution in [1.82, 2.24) is 25.3 Å². The summed E-state index contributed by atoms with van der Waals surface area (Å²) in [5.74, 6) is 0. The van der Waals surface area contributed by atoms with Gasteiger partial charge in [0.1, 0.15) is 11.4 Å². The van der Waals surface area contributed by atoms with E-state index in [1.54, 1.807) is 0 Å². The molecule has 4 aromatic rings. The van der Waals surface area contributed by atoms with Crippen molar-refractivity contribution in [2.75, 3.05) is 11.9 Å². The molecule has 0 bridgehead atoms. The van der Waals surface area contributed by atoms with E-state index in [9.17, 15) is 0 Å². The van der Waals surface area contributed by atoms with Gasteiger partial charge in [0, 0.05) is 24.6 Å². The first kappa shape index (κ1) is 17.2.